The van der Waals surface area contributed by atoms with Gasteiger partial charge in [0.1, 0.15) is 13.2 Å². The smallest absolute Gasteiger partial charge is 0.410 e. The number of likely N-dealkylation sites (N-methyl/N-ethyl adjacent to an activating group) is 1. The minimum Gasteiger partial charge on any atom is -0.480 e. The molecule has 0 aliphatic carbocycles. The standard InChI is InChI=1S/C6H10ClNO4/c1-8(4-5(9)10)6(11)12-3-2-7/h2-4H2,1H3,(H,9,10). The number of amides is 1. The molecule has 0 aromatic heterocycles. The van der Waals surface area contributed by atoms with Crippen LogP contribution in [0.25, 0.3) is 0 Å². The van der Waals surface area contributed by atoms with Crippen molar-refractivity contribution in [3.63, 3.8) is 0 Å². The summed E-state index contributed by atoms with van der Waals surface area (Å²) >= 11 is 5.24. The van der Waals surface area contributed by atoms with Crippen LogP contribution < -0.4 is 0 Å². The van der Waals surface area contributed by atoms with Gasteiger partial charge in [-0.15, -0.1) is 11.6 Å². The molecule has 0 aliphatic heterocycles. The summed E-state index contributed by atoms with van der Waals surface area (Å²) in [5.74, 6) is -0.882. The van der Waals surface area contributed by atoms with E-state index >= 15 is 0 Å². The van der Waals surface area contributed by atoms with Gasteiger partial charge < -0.3 is 14.7 Å². The molecule has 0 atom stereocenters. The highest BCUT2D eigenvalue weighted by molar-refractivity contribution is 6.18. The lowest BCUT2D eigenvalue weighted by atomic mass is 10.6. The fourth-order valence-electron chi connectivity index (χ4n) is 0.504. The Hall–Kier alpha value is -0.970. The highest BCUT2D eigenvalue weighted by Gasteiger charge is 2.12. The number of alkyl halides is 1. The van der Waals surface area contributed by atoms with Gasteiger partial charge in [-0.25, -0.2) is 4.79 Å². The maximum Gasteiger partial charge on any atom is 0.410 e. The molecule has 0 unspecified atom stereocenters. The van der Waals surface area contributed by atoms with Crippen LogP contribution in [0.4, 0.5) is 4.79 Å². The summed E-state index contributed by atoms with van der Waals surface area (Å²) in [6.45, 7) is -0.286. The molecule has 0 aromatic rings. The molecular weight excluding hydrogens is 186 g/mol. The van der Waals surface area contributed by atoms with Crippen LogP contribution in [0.2, 0.25) is 0 Å². The molecule has 0 saturated heterocycles. The predicted octanol–water partition coefficient (Wildman–Crippen LogP) is 0.378. The van der Waals surface area contributed by atoms with Crippen molar-refractivity contribution >= 4 is 23.7 Å². The summed E-state index contributed by atoms with van der Waals surface area (Å²) in [6.07, 6.45) is -0.682. The van der Waals surface area contributed by atoms with Gasteiger partial charge in [-0.1, -0.05) is 0 Å². The number of rotatable bonds is 4. The minimum atomic E-state index is -1.08. The first-order valence-corrected chi connectivity index (χ1v) is 3.77. The third-order valence-corrected chi connectivity index (χ3v) is 1.14. The Labute approximate surface area is 74.9 Å². The monoisotopic (exact) mass is 195 g/mol. The number of ether oxygens (including phenoxy) is 1. The quantitative estimate of drug-likeness (QED) is 0.659. The average molecular weight is 196 g/mol. The summed E-state index contributed by atoms with van der Waals surface area (Å²) in [5, 5.41) is 8.28. The average Bonchev–Trinajstić information content (AvgIpc) is 1.98. The number of nitrogens with zero attached hydrogens (tertiary/aromatic N) is 1. The van der Waals surface area contributed by atoms with Gasteiger partial charge in [-0.3, -0.25) is 4.79 Å². The zero-order valence-corrected chi connectivity index (χ0v) is 7.37. The Morgan fingerprint density at radius 3 is 2.58 bits per heavy atom. The zero-order chi connectivity index (χ0) is 9.56. The van der Waals surface area contributed by atoms with E-state index in [2.05, 4.69) is 4.74 Å². The molecule has 5 nitrogen and oxygen atoms in total. The van der Waals surface area contributed by atoms with E-state index in [1.54, 1.807) is 0 Å². The maximum absolute atomic E-state index is 10.8. The van der Waals surface area contributed by atoms with Crippen LogP contribution in [0.3, 0.4) is 0 Å². The largest absolute Gasteiger partial charge is 0.480 e. The van der Waals surface area contributed by atoms with Crippen molar-refractivity contribution < 1.29 is 19.4 Å². The van der Waals surface area contributed by atoms with E-state index < -0.39 is 12.1 Å². The minimum absolute atomic E-state index is 0.0876. The summed E-state index contributed by atoms with van der Waals surface area (Å²) in [6, 6.07) is 0. The van der Waals surface area contributed by atoms with Gasteiger partial charge in [0.15, 0.2) is 0 Å². The molecule has 0 bridgehead atoms. The van der Waals surface area contributed by atoms with Crippen LogP contribution in [0.5, 0.6) is 0 Å². The molecule has 0 aliphatic rings. The molecule has 0 rings (SSSR count). The van der Waals surface area contributed by atoms with Crippen molar-refractivity contribution in [3.8, 4) is 0 Å². The molecule has 0 spiro atoms. The predicted molar refractivity (Wildman–Crippen MR) is 42.3 cm³/mol. The van der Waals surface area contributed by atoms with Crippen molar-refractivity contribution in [2.45, 2.75) is 0 Å². The van der Waals surface area contributed by atoms with Crippen molar-refractivity contribution in [1.82, 2.24) is 4.90 Å². The summed E-state index contributed by atoms with van der Waals surface area (Å²) in [7, 11) is 1.34. The van der Waals surface area contributed by atoms with Gasteiger partial charge in [-0.05, 0) is 0 Å². The second-order valence-electron chi connectivity index (χ2n) is 2.05. The van der Waals surface area contributed by atoms with E-state index in [1.807, 2.05) is 0 Å². The lowest BCUT2D eigenvalue weighted by Gasteiger charge is -2.13. The summed E-state index contributed by atoms with van der Waals surface area (Å²) in [5.41, 5.74) is 0. The summed E-state index contributed by atoms with van der Waals surface area (Å²) in [4.78, 5) is 21.9. The summed E-state index contributed by atoms with van der Waals surface area (Å²) < 4.78 is 4.55. The third-order valence-electron chi connectivity index (χ3n) is 0.987. The molecule has 0 aromatic carbocycles. The van der Waals surface area contributed by atoms with E-state index in [9.17, 15) is 9.59 Å². The molecule has 1 amide bonds. The van der Waals surface area contributed by atoms with Crippen LogP contribution in [0, 0.1) is 0 Å². The molecule has 0 saturated carbocycles. The Morgan fingerprint density at radius 1 is 1.58 bits per heavy atom. The molecule has 0 fully saturated rings. The molecule has 6 heteroatoms. The Bertz CT molecular complexity index is 173. The lowest BCUT2D eigenvalue weighted by molar-refractivity contribution is -0.137. The Kier molecular flexibility index (Phi) is 5.19. The van der Waals surface area contributed by atoms with E-state index in [-0.39, 0.29) is 19.0 Å². The zero-order valence-electron chi connectivity index (χ0n) is 6.62. The fourth-order valence-corrected chi connectivity index (χ4v) is 0.581. The number of carboxylic acids is 1. The van der Waals surface area contributed by atoms with E-state index in [1.165, 1.54) is 7.05 Å². The number of aliphatic carboxylic acids is 1. The first-order valence-electron chi connectivity index (χ1n) is 3.23. The number of carbonyl (C=O) groups excluding carboxylic acids is 1. The van der Waals surface area contributed by atoms with Gasteiger partial charge >= 0.3 is 12.1 Å². The molecule has 12 heavy (non-hydrogen) atoms. The highest BCUT2D eigenvalue weighted by Crippen LogP contribution is 1.90. The number of halogens is 1. The Balaban J connectivity index is 3.69. The Morgan fingerprint density at radius 2 is 2.17 bits per heavy atom. The SMILES string of the molecule is CN(CC(=O)O)C(=O)OCCCl. The number of carboxylic acid groups (broad SMARTS) is 1. The van der Waals surface area contributed by atoms with E-state index in [0.29, 0.717) is 0 Å². The van der Waals surface area contributed by atoms with Crippen molar-refractivity contribution in [2.24, 2.45) is 0 Å². The first-order chi connectivity index (χ1) is 5.57. The fraction of sp³-hybridized carbons (Fsp3) is 0.667. The number of carbonyl (C=O) groups is 2. The van der Waals surface area contributed by atoms with Gasteiger partial charge in [0.2, 0.25) is 0 Å². The maximum atomic E-state index is 10.8. The molecule has 70 valence electrons. The van der Waals surface area contributed by atoms with Crippen LogP contribution in [-0.2, 0) is 9.53 Å². The van der Waals surface area contributed by atoms with Crippen molar-refractivity contribution in [3.05, 3.63) is 0 Å². The number of hydrogen-bond donors (Lipinski definition) is 1. The second kappa shape index (κ2) is 5.65. The molecule has 1 N–H and O–H groups in total. The molecule has 0 radical (unpaired) electrons. The van der Waals surface area contributed by atoms with E-state index in [4.69, 9.17) is 16.7 Å². The second-order valence-corrected chi connectivity index (χ2v) is 2.43. The highest BCUT2D eigenvalue weighted by atomic mass is 35.5. The van der Waals surface area contributed by atoms with Crippen molar-refractivity contribution in [1.29, 1.82) is 0 Å². The topological polar surface area (TPSA) is 66.8 Å². The molecular formula is C6H10ClNO4. The van der Waals surface area contributed by atoms with Gasteiger partial charge in [0.25, 0.3) is 0 Å². The van der Waals surface area contributed by atoms with Gasteiger partial charge in [0.05, 0.1) is 5.88 Å². The van der Waals surface area contributed by atoms with Crippen LogP contribution >= 0.6 is 11.6 Å². The van der Waals surface area contributed by atoms with E-state index in [0.717, 1.165) is 4.90 Å². The van der Waals surface area contributed by atoms with Gasteiger partial charge in [-0.2, -0.15) is 0 Å². The first kappa shape index (κ1) is 11.0. The lowest BCUT2D eigenvalue weighted by Crippen LogP contribution is -2.32. The van der Waals surface area contributed by atoms with Gasteiger partial charge in [0, 0.05) is 7.05 Å². The van der Waals surface area contributed by atoms with Crippen molar-refractivity contribution in [2.75, 3.05) is 26.1 Å². The van der Waals surface area contributed by atoms with Crippen LogP contribution in [-0.4, -0.2) is 48.1 Å². The number of hydrogen-bond acceptors (Lipinski definition) is 3. The van der Waals surface area contributed by atoms with Crippen LogP contribution in [0.15, 0.2) is 0 Å². The van der Waals surface area contributed by atoms with Crippen LogP contribution in [0.1, 0.15) is 0 Å². The third kappa shape index (κ3) is 4.79. The normalized spacial score (nSPS) is 9.17. The molecule has 0 heterocycles.